The molecule has 0 amide bonds. The monoisotopic (exact) mass is 1080 g/mol. The smallest absolute Gasteiger partial charge is 0.306 e. The van der Waals surface area contributed by atoms with Gasteiger partial charge in [0.15, 0.2) is 12.4 Å². The first-order valence-corrected chi connectivity index (χ1v) is 33.7. The molecule has 0 heterocycles. The molecule has 0 radical (unpaired) electrons. The van der Waals surface area contributed by atoms with Crippen LogP contribution in [0.2, 0.25) is 0 Å². The molecule has 0 aliphatic rings. The summed E-state index contributed by atoms with van der Waals surface area (Å²) in [4.78, 5) is 37.4. The molecule has 0 aliphatic heterocycles. The van der Waals surface area contributed by atoms with Crippen LogP contribution in [0.3, 0.4) is 0 Å². The lowest BCUT2D eigenvalue weighted by atomic mass is 10.0. The summed E-state index contributed by atoms with van der Waals surface area (Å²) >= 11 is 0. The number of carbonyl (C=O) groups excluding carboxylic acids is 3. The molecule has 9 nitrogen and oxygen atoms in total. The highest BCUT2D eigenvalue weighted by atomic mass is 16.7. The largest absolute Gasteiger partial charge is 0.545 e. The van der Waals surface area contributed by atoms with Crippen LogP contribution in [0.5, 0.6) is 0 Å². The van der Waals surface area contributed by atoms with Crippen molar-refractivity contribution in [1.82, 2.24) is 0 Å². The van der Waals surface area contributed by atoms with E-state index in [2.05, 4.69) is 13.8 Å². The van der Waals surface area contributed by atoms with E-state index >= 15 is 0 Å². The van der Waals surface area contributed by atoms with E-state index in [4.69, 9.17) is 18.9 Å². The Morgan fingerprint density at radius 2 is 0.592 bits per heavy atom. The maximum absolute atomic E-state index is 12.9. The van der Waals surface area contributed by atoms with Gasteiger partial charge in [-0.25, -0.2) is 0 Å². The average Bonchev–Trinajstić information content (AvgIpc) is 3.39. The van der Waals surface area contributed by atoms with Crippen molar-refractivity contribution in [3.05, 3.63) is 0 Å². The highest BCUT2D eigenvalue weighted by Crippen LogP contribution is 2.19. The highest BCUT2D eigenvalue weighted by molar-refractivity contribution is 5.70. The molecule has 0 N–H and O–H groups in total. The first kappa shape index (κ1) is 74.3. The van der Waals surface area contributed by atoms with Gasteiger partial charge in [0, 0.05) is 12.8 Å². The minimum absolute atomic E-state index is 0.154. The third kappa shape index (κ3) is 59.9. The lowest BCUT2D eigenvalue weighted by Gasteiger charge is -2.26. The zero-order valence-electron chi connectivity index (χ0n) is 51.7. The fourth-order valence-electron chi connectivity index (χ4n) is 10.4. The quantitative estimate of drug-likeness (QED) is 0.0256. The third-order valence-corrected chi connectivity index (χ3v) is 15.6. The molecule has 452 valence electrons. The number of unbranched alkanes of at least 4 members (excludes halogenated alkanes) is 49. The van der Waals surface area contributed by atoms with E-state index in [-0.39, 0.29) is 32.2 Å². The number of quaternary nitrogens is 1. The van der Waals surface area contributed by atoms with Crippen LogP contribution in [0, 0.1) is 0 Å². The summed E-state index contributed by atoms with van der Waals surface area (Å²) in [5.74, 6) is -2.25. The van der Waals surface area contributed by atoms with Crippen molar-refractivity contribution in [2.45, 2.75) is 367 Å². The number of likely N-dealkylation sites (N-methyl/N-ethyl adjacent to an activating group) is 1. The molecule has 76 heavy (non-hydrogen) atoms. The van der Waals surface area contributed by atoms with E-state index in [0.29, 0.717) is 17.4 Å². The first-order valence-electron chi connectivity index (χ1n) is 33.7. The number of carbonyl (C=O) groups is 3. The number of hydrogen-bond acceptors (Lipinski definition) is 8. The number of nitrogens with zero attached hydrogens (tertiary/aromatic N) is 1. The van der Waals surface area contributed by atoms with Crippen LogP contribution < -0.4 is 5.11 Å². The molecular formula is C67H131NO8. The predicted molar refractivity (Wildman–Crippen MR) is 320 cm³/mol. The molecule has 2 unspecified atom stereocenters. The average molecular weight is 1080 g/mol. The third-order valence-electron chi connectivity index (χ3n) is 15.6. The van der Waals surface area contributed by atoms with Crippen molar-refractivity contribution in [1.29, 1.82) is 0 Å². The van der Waals surface area contributed by atoms with Crippen LogP contribution in [-0.2, 0) is 33.3 Å². The zero-order valence-corrected chi connectivity index (χ0v) is 51.7. The summed E-state index contributed by atoms with van der Waals surface area (Å²) in [7, 11) is 5.95. The van der Waals surface area contributed by atoms with Gasteiger partial charge in [0.25, 0.3) is 0 Å². The predicted octanol–water partition coefficient (Wildman–Crippen LogP) is 19.0. The molecule has 0 saturated carbocycles. The zero-order chi connectivity index (χ0) is 55.5. The molecule has 0 fully saturated rings. The Kier molecular flexibility index (Phi) is 58.1. The Balaban J connectivity index is 4.05. The summed E-state index contributed by atoms with van der Waals surface area (Å²) in [6.07, 6.45) is 66.1. The molecule has 0 aromatic rings. The lowest BCUT2D eigenvalue weighted by Crippen LogP contribution is -2.44. The molecule has 0 aromatic heterocycles. The molecular weight excluding hydrogens is 947 g/mol. The van der Waals surface area contributed by atoms with Gasteiger partial charge in [0.2, 0.25) is 0 Å². The number of carboxylic acids is 1. The van der Waals surface area contributed by atoms with Crippen molar-refractivity contribution in [2.75, 3.05) is 47.5 Å². The Labute approximate surface area is 473 Å². The second-order valence-electron chi connectivity index (χ2n) is 24.5. The molecule has 0 aromatic carbocycles. The Morgan fingerprint density at radius 3 is 0.842 bits per heavy atom. The van der Waals surface area contributed by atoms with Crippen LogP contribution in [0.15, 0.2) is 0 Å². The highest BCUT2D eigenvalue weighted by Gasteiger charge is 2.22. The van der Waals surface area contributed by atoms with Crippen molar-refractivity contribution < 1.29 is 42.9 Å². The fraction of sp³-hybridized carbons (Fsp3) is 0.955. The molecule has 0 aliphatic carbocycles. The first-order chi connectivity index (χ1) is 37.1. The van der Waals surface area contributed by atoms with Crippen molar-refractivity contribution in [3.8, 4) is 0 Å². The molecule has 0 rings (SSSR count). The van der Waals surface area contributed by atoms with E-state index in [0.717, 1.165) is 38.5 Å². The number of aliphatic carboxylic acids is 1. The van der Waals surface area contributed by atoms with E-state index in [1.54, 1.807) is 0 Å². The van der Waals surface area contributed by atoms with Gasteiger partial charge in [0.1, 0.15) is 13.2 Å². The van der Waals surface area contributed by atoms with Gasteiger partial charge in [-0.15, -0.1) is 0 Å². The van der Waals surface area contributed by atoms with Gasteiger partial charge >= 0.3 is 11.9 Å². The van der Waals surface area contributed by atoms with Crippen LogP contribution in [0.4, 0.5) is 0 Å². The lowest BCUT2D eigenvalue weighted by molar-refractivity contribution is -0.870. The maximum Gasteiger partial charge on any atom is 0.306 e. The van der Waals surface area contributed by atoms with Gasteiger partial charge in [-0.2, -0.15) is 0 Å². The summed E-state index contributed by atoms with van der Waals surface area (Å²) in [6, 6.07) is 0. The van der Waals surface area contributed by atoms with Crippen LogP contribution >= 0.6 is 0 Å². The summed E-state index contributed by atoms with van der Waals surface area (Å²) in [5, 5.41) is 11.8. The van der Waals surface area contributed by atoms with Gasteiger partial charge in [-0.05, 0) is 12.8 Å². The second kappa shape index (κ2) is 59.4. The molecule has 0 saturated heterocycles. The van der Waals surface area contributed by atoms with Gasteiger partial charge in [-0.1, -0.05) is 328 Å². The molecule has 0 bridgehead atoms. The standard InChI is InChI=1S/C67H131NO8/c1-6-8-10-12-14-16-18-20-22-24-26-28-29-30-31-32-33-34-35-36-38-40-42-44-46-48-50-52-54-56-58-65(70)76-63(62-75-67(66(71)72)73-60-59-68(3,4)5)61-74-64(69)57-55-53-51-49-47-45-43-41-39-37-27-25-23-21-19-17-15-13-11-9-7-2/h63,67H,6-62H2,1-5H3. The number of rotatable bonds is 64. The second-order valence-corrected chi connectivity index (χ2v) is 24.5. The SMILES string of the molecule is CCCCCCCCCCCCCCCCCCCCCCCCCCCCCCCCC(=O)OC(COC(=O)CCCCCCCCCCCCCCCCCCCCCCC)COC(OCC[N+](C)(C)C)C(=O)[O-]. The van der Waals surface area contributed by atoms with E-state index in [1.165, 1.54) is 289 Å². The number of esters is 2. The summed E-state index contributed by atoms with van der Waals surface area (Å²) in [5.41, 5.74) is 0. The van der Waals surface area contributed by atoms with Gasteiger partial charge < -0.3 is 33.3 Å². The number of carboxylic acid groups (broad SMARTS) is 1. The molecule has 9 heteroatoms. The van der Waals surface area contributed by atoms with Gasteiger partial charge in [-0.3, -0.25) is 9.59 Å². The van der Waals surface area contributed by atoms with Crippen molar-refractivity contribution in [2.24, 2.45) is 0 Å². The maximum atomic E-state index is 12.9. The fourth-order valence-corrected chi connectivity index (χ4v) is 10.4. The van der Waals surface area contributed by atoms with E-state index < -0.39 is 24.3 Å². The van der Waals surface area contributed by atoms with Crippen LogP contribution in [-0.4, -0.2) is 82.3 Å². The minimum atomic E-state index is -1.61. The molecule has 0 spiro atoms. The Hall–Kier alpha value is -1.71. The Bertz CT molecular complexity index is 1210. The van der Waals surface area contributed by atoms with Crippen molar-refractivity contribution in [3.63, 3.8) is 0 Å². The normalized spacial score (nSPS) is 12.6. The molecule has 2 atom stereocenters. The number of ether oxygens (including phenoxy) is 4. The van der Waals surface area contributed by atoms with Crippen LogP contribution in [0.1, 0.15) is 354 Å². The minimum Gasteiger partial charge on any atom is -0.545 e. The number of hydrogen-bond donors (Lipinski definition) is 0. The Morgan fingerprint density at radius 1 is 0.342 bits per heavy atom. The summed E-state index contributed by atoms with van der Waals surface area (Å²) in [6.45, 7) is 4.84. The van der Waals surface area contributed by atoms with Crippen LogP contribution in [0.25, 0.3) is 0 Å². The summed E-state index contributed by atoms with van der Waals surface area (Å²) < 4.78 is 22.8. The van der Waals surface area contributed by atoms with E-state index in [9.17, 15) is 19.5 Å². The topological polar surface area (TPSA) is 111 Å². The van der Waals surface area contributed by atoms with Crippen molar-refractivity contribution >= 4 is 17.9 Å². The van der Waals surface area contributed by atoms with Gasteiger partial charge in [0.05, 0.1) is 40.3 Å². The van der Waals surface area contributed by atoms with E-state index in [1.807, 2.05) is 21.1 Å².